The van der Waals surface area contributed by atoms with Crippen LogP contribution in [0.5, 0.6) is 0 Å². The Bertz CT molecular complexity index is 519. The molecule has 1 saturated heterocycles. The highest BCUT2D eigenvalue weighted by atomic mass is 35.5. The lowest BCUT2D eigenvalue weighted by Crippen LogP contribution is -2.47. The van der Waals surface area contributed by atoms with Gasteiger partial charge in [-0.2, -0.15) is 0 Å². The number of carbonyl (C=O) groups excluding carboxylic acids is 1. The van der Waals surface area contributed by atoms with Gasteiger partial charge in [-0.3, -0.25) is 4.79 Å². The Morgan fingerprint density at radius 2 is 1.92 bits per heavy atom. The lowest BCUT2D eigenvalue weighted by atomic mass is 9.97. The molecule has 1 heterocycles. The quantitative estimate of drug-likeness (QED) is 0.772. The van der Waals surface area contributed by atoms with E-state index < -0.39 is 5.41 Å². The summed E-state index contributed by atoms with van der Waals surface area (Å²) in [5.41, 5.74) is 0.720. The number of benzene rings is 1. The van der Waals surface area contributed by atoms with Gasteiger partial charge in [-0.15, -0.1) is 0 Å². The van der Waals surface area contributed by atoms with Crippen molar-refractivity contribution >= 4 is 17.6 Å². The fourth-order valence-electron chi connectivity index (χ4n) is 2.79. The molecule has 134 valence electrons. The Morgan fingerprint density at radius 3 is 2.50 bits per heavy atom. The van der Waals surface area contributed by atoms with Crippen LogP contribution >= 0.6 is 11.6 Å². The molecule has 0 spiro atoms. The van der Waals surface area contributed by atoms with Crippen LogP contribution in [-0.2, 0) is 16.0 Å². The van der Waals surface area contributed by atoms with Gasteiger partial charge in [0.2, 0.25) is 0 Å². The van der Waals surface area contributed by atoms with Gasteiger partial charge < -0.3 is 15.4 Å². The van der Waals surface area contributed by atoms with Crippen LogP contribution < -0.4 is 10.6 Å². The average molecular weight is 353 g/mol. The molecule has 0 amide bonds. The van der Waals surface area contributed by atoms with Crippen molar-refractivity contribution in [2.24, 2.45) is 5.41 Å². The number of nitrogens with one attached hydrogen (secondary N) is 2. The van der Waals surface area contributed by atoms with Crippen LogP contribution in [0, 0.1) is 5.41 Å². The van der Waals surface area contributed by atoms with Gasteiger partial charge in [0.05, 0.1) is 5.41 Å². The standard InChI is InChI=1S/C19H29ClN2O2/c1-19(2,3)18(23)24-13-17(22-16-8-10-21-11-9-16)12-14-4-6-15(20)7-5-14/h4-7,16-17,21-22H,8-13H2,1-3H3. The zero-order valence-corrected chi connectivity index (χ0v) is 15.7. The first kappa shape index (κ1) is 19.2. The molecule has 1 aromatic rings. The average Bonchev–Trinajstić information content (AvgIpc) is 2.54. The normalized spacial score (nSPS) is 17.5. The Kier molecular flexibility index (Phi) is 7.08. The summed E-state index contributed by atoms with van der Waals surface area (Å²) in [5.74, 6) is -0.157. The molecule has 1 unspecified atom stereocenters. The Hall–Kier alpha value is -1.10. The lowest BCUT2D eigenvalue weighted by molar-refractivity contribution is -0.153. The largest absolute Gasteiger partial charge is 0.464 e. The first-order valence-corrected chi connectivity index (χ1v) is 9.11. The van der Waals surface area contributed by atoms with Gasteiger partial charge in [0.25, 0.3) is 0 Å². The maximum Gasteiger partial charge on any atom is 0.311 e. The van der Waals surface area contributed by atoms with E-state index in [1.807, 2.05) is 45.0 Å². The first-order valence-electron chi connectivity index (χ1n) is 8.73. The SMILES string of the molecule is CC(C)(C)C(=O)OCC(Cc1ccc(Cl)cc1)NC1CCNCC1. The molecule has 0 radical (unpaired) electrons. The Labute approximate surface area is 150 Å². The molecule has 2 N–H and O–H groups in total. The van der Waals surface area contributed by atoms with Crippen LogP contribution in [0.3, 0.4) is 0 Å². The number of halogens is 1. The van der Waals surface area contributed by atoms with E-state index in [-0.39, 0.29) is 12.0 Å². The third-order valence-electron chi connectivity index (χ3n) is 4.23. The topological polar surface area (TPSA) is 50.4 Å². The summed E-state index contributed by atoms with van der Waals surface area (Å²) in [6.07, 6.45) is 3.02. The maximum atomic E-state index is 12.1. The number of rotatable bonds is 6. The summed E-state index contributed by atoms with van der Waals surface area (Å²) in [5, 5.41) is 7.79. The molecule has 24 heavy (non-hydrogen) atoms. The summed E-state index contributed by atoms with van der Waals surface area (Å²) < 4.78 is 5.56. The summed E-state index contributed by atoms with van der Waals surface area (Å²) in [6, 6.07) is 8.45. The molecule has 2 rings (SSSR count). The van der Waals surface area contributed by atoms with E-state index in [0.717, 1.165) is 37.4 Å². The van der Waals surface area contributed by atoms with Gasteiger partial charge in [0.1, 0.15) is 6.61 Å². The van der Waals surface area contributed by atoms with Gasteiger partial charge in [-0.05, 0) is 70.8 Å². The predicted molar refractivity (Wildman–Crippen MR) is 98.4 cm³/mol. The molecule has 4 nitrogen and oxygen atoms in total. The second kappa shape index (κ2) is 8.84. The smallest absolute Gasteiger partial charge is 0.311 e. The van der Waals surface area contributed by atoms with Crippen LogP contribution in [0.25, 0.3) is 0 Å². The van der Waals surface area contributed by atoms with Crippen LogP contribution in [0.2, 0.25) is 5.02 Å². The fraction of sp³-hybridized carbons (Fsp3) is 0.632. The molecule has 1 fully saturated rings. The third-order valence-corrected chi connectivity index (χ3v) is 4.49. The molecule has 1 aliphatic heterocycles. The molecular weight excluding hydrogens is 324 g/mol. The van der Waals surface area contributed by atoms with Crippen molar-refractivity contribution in [2.45, 2.75) is 52.1 Å². The maximum absolute atomic E-state index is 12.1. The van der Waals surface area contributed by atoms with Gasteiger partial charge >= 0.3 is 5.97 Å². The molecule has 0 bridgehead atoms. The van der Waals surface area contributed by atoms with Gasteiger partial charge in [0.15, 0.2) is 0 Å². The molecular formula is C19H29ClN2O2. The second-order valence-corrected chi connectivity index (χ2v) is 8.00. The minimum Gasteiger partial charge on any atom is -0.464 e. The monoisotopic (exact) mass is 352 g/mol. The summed E-state index contributed by atoms with van der Waals surface area (Å²) >= 11 is 5.96. The van der Waals surface area contributed by atoms with Gasteiger partial charge in [0, 0.05) is 17.1 Å². The Morgan fingerprint density at radius 1 is 1.29 bits per heavy atom. The fourth-order valence-corrected chi connectivity index (χ4v) is 2.91. The van der Waals surface area contributed by atoms with Crippen LogP contribution in [0.4, 0.5) is 0 Å². The minimum absolute atomic E-state index is 0.112. The number of esters is 1. The highest BCUT2D eigenvalue weighted by Gasteiger charge is 2.25. The molecule has 0 saturated carbocycles. The summed E-state index contributed by atoms with van der Waals surface area (Å²) in [6.45, 7) is 8.10. The number of piperidine rings is 1. The Balaban J connectivity index is 1.96. The van der Waals surface area contributed by atoms with E-state index >= 15 is 0 Å². The predicted octanol–water partition coefficient (Wildman–Crippen LogP) is 3.18. The van der Waals surface area contributed by atoms with Gasteiger partial charge in [-0.1, -0.05) is 23.7 Å². The van der Waals surface area contributed by atoms with Crippen molar-refractivity contribution < 1.29 is 9.53 Å². The molecule has 1 aliphatic rings. The van der Waals surface area contributed by atoms with E-state index in [9.17, 15) is 4.79 Å². The summed E-state index contributed by atoms with van der Waals surface area (Å²) in [7, 11) is 0. The van der Waals surface area contributed by atoms with Crippen LogP contribution in [-0.4, -0.2) is 37.7 Å². The van der Waals surface area contributed by atoms with Crippen molar-refractivity contribution in [1.82, 2.24) is 10.6 Å². The zero-order valence-electron chi connectivity index (χ0n) is 14.9. The van der Waals surface area contributed by atoms with E-state index in [2.05, 4.69) is 10.6 Å². The van der Waals surface area contributed by atoms with E-state index in [4.69, 9.17) is 16.3 Å². The first-order chi connectivity index (χ1) is 11.3. The molecule has 1 atom stereocenters. The number of ether oxygens (including phenoxy) is 1. The number of carbonyl (C=O) groups is 1. The van der Waals surface area contributed by atoms with Crippen molar-refractivity contribution in [3.05, 3.63) is 34.9 Å². The lowest BCUT2D eigenvalue weighted by Gasteiger charge is -2.29. The van der Waals surface area contributed by atoms with Crippen molar-refractivity contribution in [2.75, 3.05) is 19.7 Å². The van der Waals surface area contributed by atoms with Crippen LogP contribution in [0.15, 0.2) is 24.3 Å². The summed E-state index contributed by atoms with van der Waals surface area (Å²) in [4.78, 5) is 12.1. The van der Waals surface area contributed by atoms with E-state index in [1.165, 1.54) is 5.56 Å². The van der Waals surface area contributed by atoms with Crippen molar-refractivity contribution in [1.29, 1.82) is 0 Å². The highest BCUT2D eigenvalue weighted by molar-refractivity contribution is 6.30. The molecule has 5 heteroatoms. The number of hydrogen-bond acceptors (Lipinski definition) is 4. The number of hydrogen-bond donors (Lipinski definition) is 2. The minimum atomic E-state index is -0.473. The van der Waals surface area contributed by atoms with Gasteiger partial charge in [-0.25, -0.2) is 0 Å². The molecule has 1 aromatic carbocycles. The van der Waals surface area contributed by atoms with Crippen molar-refractivity contribution in [3.8, 4) is 0 Å². The zero-order chi connectivity index (χ0) is 17.6. The van der Waals surface area contributed by atoms with E-state index in [1.54, 1.807) is 0 Å². The van der Waals surface area contributed by atoms with Crippen LogP contribution in [0.1, 0.15) is 39.2 Å². The molecule has 0 aromatic heterocycles. The molecule has 0 aliphatic carbocycles. The highest BCUT2D eigenvalue weighted by Crippen LogP contribution is 2.17. The third kappa shape index (κ3) is 6.42. The van der Waals surface area contributed by atoms with Crippen molar-refractivity contribution in [3.63, 3.8) is 0 Å². The van der Waals surface area contributed by atoms with E-state index in [0.29, 0.717) is 12.6 Å². The second-order valence-electron chi connectivity index (χ2n) is 7.57.